The third-order valence-electron chi connectivity index (χ3n) is 4.65. The molecule has 1 aromatic rings. The van der Waals surface area contributed by atoms with E-state index in [-0.39, 0.29) is 24.4 Å². The fourth-order valence-corrected chi connectivity index (χ4v) is 3.29. The monoisotopic (exact) mass is 358 g/mol. The summed E-state index contributed by atoms with van der Waals surface area (Å²) in [6, 6.07) is 5.66. The lowest BCUT2D eigenvalue weighted by molar-refractivity contribution is -0.131. The summed E-state index contributed by atoms with van der Waals surface area (Å²) < 4.78 is 0. The molecule has 3 rings (SSSR count). The molecule has 0 aromatic heterocycles. The van der Waals surface area contributed by atoms with Crippen LogP contribution < -0.4 is 5.32 Å². The van der Waals surface area contributed by atoms with Crippen LogP contribution in [0.25, 0.3) is 0 Å². The second kappa shape index (κ2) is 7.15. The Morgan fingerprint density at radius 3 is 2.46 bits per heavy atom. The summed E-state index contributed by atoms with van der Waals surface area (Å²) in [6.07, 6.45) is 2.45. The van der Waals surface area contributed by atoms with Crippen LogP contribution >= 0.6 is 0 Å². The van der Waals surface area contributed by atoms with E-state index in [0.717, 1.165) is 17.7 Å². The van der Waals surface area contributed by atoms with E-state index < -0.39 is 11.9 Å². The van der Waals surface area contributed by atoms with Crippen LogP contribution in [0.1, 0.15) is 29.6 Å². The summed E-state index contributed by atoms with van der Waals surface area (Å²) in [7, 11) is 3.32. The first-order valence-corrected chi connectivity index (χ1v) is 8.62. The molecule has 8 heteroatoms. The summed E-state index contributed by atoms with van der Waals surface area (Å²) in [5, 5.41) is 2.66. The first-order chi connectivity index (χ1) is 12.4. The van der Waals surface area contributed by atoms with Gasteiger partial charge in [-0.15, -0.1) is 0 Å². The summed E-state index contributed by atoms with van der Waals surface area (Å²) in [5.41, 5.74) is 1.01. The molecule has 0 spiro atoms. The number of hydrogen-bond donors (Lipinski definition) is 1. The average Bonchev–Trinajstić information content (AvgIpc) is 2.87. The fraction of sp³-hybridized carbons (Fsp3) is 0.444. The number of carbonyl (C=O) groups is 4. The fourth-order valence-electron chi connectivity index (χ4n) is 3.29. The molecule has 0 bridgehead atoms. The minimum Gasteiger partial charge on any atom is -0.345 e. The highest BCUT2D eigenvalue weighted by molar-refractivity contribution is 6.08. The topological polar surface area (TPSA) is 90.0 Å². The predicted octanol–water partition coefficient (Wildman–Crippen LogP) is 1.14. The van der Waals surface area contributed by atoms with Crippen LogP contribution in [0.4, 0.5) is 10.5 Å². The zero-order valence-electron chi connectivity index (χ0n) is 14.9. The highest BCUT2D eigenvalue weighted by Crippen LogP contribution is 2.26. The Hall–Kier alpha value is -2.90. The van der Waals surface area contributed by atoms with Crippen molar-refractivity contribution in [3.8, 4) is 0 Å². The molecule has 0 unspecified atom stereocenters. The summed E-state index contributed by atoms with van der Waals surface area (Å²) >= 11 is 0. The number of amides is 5. The lowest BCUT2D eigenvalue weighted by Gasteiger charge is -2.26. The van der Waals surface area contributed by atoms with Crippen LogP contribution in [0, 0.1) is 0 Å². The molecule has 26 heavy (non-hydrogen) atoms. The largest absolute Gasteiger partial charge is 0.345 e. The van der Waals surface area contributed by atoms with E-state index in [2.05, 4.69) is 5.32 Å². The van der Waals surface area contributed by atoms with Crippen LogP contribution in [0.3, 0.4) is 0 Å². The molecule has 1 N–H and O–H groups in total. The third kappa shape index (κ3) is 3.40. The standard InChI is InChI=1S/C18H22N4O4/c1-20(2)16(24)12-6-8-13(9-7-12)19-15(23)11-22-17(25)14-5-3-4-10-21(14)18(22)26/h6-9,14H,3-5,10-11H2,1-2H3,(H,19,23)/t14-/m0/s1. The highest BCUT2D eigenvalue weighted by atomic mass is 16.2. The number of nitrogens with zero attached hydrogens (tertiary/aromatic N) is 3. The van der Waals surface area contributed by atoms with Crippen LogP contribution in [0.2, 0.25) is 0 Å². The van der Waals surface area contributed by atoms with Crippen LogP contribution in [-0.4, -0.2) is 71.7 Å². The lowest BCUT2D eigenvalue weighted by Crippen LogP contribution is -2.39. The van der Waals surface area contributed by atoms with E-state index in [9.17, 15) is 19.2 Å². The van der Waals surface area contributed by atoms with Gasteiger partial charge in [0.2, 0.25) is 5.91 Å². The molecular weight excluding hydrogens is 336 g/mol. The number of benzene rings is 1. The van der Waals surface area contributed by atoms with E-state index in [0.29, 0.717) is 24.2 Å². The number of fused-ring (bicyclic) bond motifs is 1. The normalized spacial score (nSPS) is 19.4. The maximum absolute atomic E-state index is 12.4. The molecule has 2 fully saturated rings. The van der Waals surface area contributed by atoms with Crippen LogP contribution in [0.15, 0.2) is 24.3 Å². The van der Waals surface area contributed by atoms with Crippen molar-refractivity contribution in [3.05, 3.63) is 29.8 Å². The third-order valence-corrected chi connectivity index (χ3v) is 4.65. The van der Waals surface area contributed by atoms with Gasteiger partial charge in [0.25, 0.3) is 11.8 Å². The van der Waals surface area contributed by atoms with Gasteiger partial charge in [0.05, 0.1) is 0 Å². The Labute approximate surface area is 151 Å². The van der Waals surface area contributed by atoms with Gasteiger partial charge >= 0.3 is 6.03 Å². The van der Waals surface area contributed by atoms with E-state index in [1.165, 1.54) is 4.90 Å². The molecule has 0 aliphatic carbocycles. The Morgan fingerprint density at radius 2 is 1.85 bits per heavy atom. The molecule has 2 aliphatic rings. The van der Waals surface area contributed by atoms with E-state index in [1.807, 2.05) is 0 Å². The second-order valence-electron chi connectivity index (χ2n) is 6.74. The molecule has 2 heterocycles. The number of imide groups is 1. The summed E-state index contributed by atoms with van der Waals surface area (Å²) in [5.74, 6) is -0.872. The number of hydrogen-bond acceptors (Lipinski definition) is 4. The second-order valence-corrected chi connectivity index (χ2v) is 6.74. The number of carbonyl (C=O) groups excluding carboxylic acids is 4. The molecule has 5 amide bonds. The van der Waals surface area contributed by atoms with Gasteiger partial charge in [0, 0.05) is 31.9 Å². The Balaban J connectivity index is 1.61. The maximum atomic E-state index is 12.4. The van der Waals surface area contributed by atoms with E-state index in [1.54, 1.807) is 43.3 Å². The van der Waals surface area contributed by atoms with Crippen molar-refractivity contribution in [2.45, 2.75) is 25.3 Å². The minimum atomic E-state index is -0.446. The van der Waals surface area contributed by atoms with Crippen molar-refractivity contribution in [1.29, 1.82) is 0 Å². The molecule has 0 radical (unpaired) electrons. The van der Waals surface area contributed by atoms with E-state index >= 15 is 0 Å². The van der Waals surface area contributed by atoms with Crippen molar-refractivity contribution in [2.75, 3.05) is 32.5 Å². The Morgan fingerprint density at radius 1 is 1.15 bits per heavy atom. The molecule has 8 nitrogen and oxygen atoms in total. The van der Waals surface area contributed by atoms with E-state index in [4.69, 9.17) is 0 Å². The van der Waals surface area contributed by atoms with Gasteiger partial charge in [-0.2, -0.15) is 0 Å². The molecule has 1 atom stereocenters. The summed E-state index contributed by atoms with van der Waals surface area (Å²) in [6.45, 7) is 0.262. The van der Waals surface area contributed by atoms with Gasteiger partial charge in [-0.1, -0.05) is 0 Å². The highest BCUT2D eigenvalue weighted by Gasteiger charge is 2.46. The van der Waals surface area contributed by atoms with Gasteiger partial charge in [-0.25, -0.2) is 4.79 Å². The molecule has 1 aromatic carbocycles. The van der Waals surface area contributed by atoms with Crippen molar-refractivity contribution < 1.29 is 19.2 Å². The number of rotatable bonds is 4. The molecule has 2 aliphatic heterocycles. The van der Waals surface area contributed by atoms with Gasteiger partial charge < -0.3 is 15.1 Å². The van der Waals surface area contributed by atoms with Crippen LogP contribution in [0.5, 0.6) is 0 Å². The van der Waals surface area contributed by atoms with Gasteiger partial charge in [0.1, 0.15) is 12.6 Å². The first kappa shape index (κ1) is 17.9. The van der Waals surface area contributed by atoms with Crippen molar-refractivity contribution >= 4 is 29.4 Å². The van der Waals surface area contributed by atoms with Crippen LogP contribution in [-0.2, 0) is 9.59 Å². The minimum absolute atomic E-state index is 0.132. The van der Waals surface area contributed by atoms with Crippen molar-refractivity contribution in [1.82, 2.24) is 14.7 Å². The molecule has 138 valence electrons. The van der Waals surface area contributed by atoms with Gasteiger partial charge in [-0.05, 0) is 43.5 Å². The molecular formula is C18H22N4O4. The molecule has 2 saturated heterocycles. The summed E-state index contributed by atoms with van der Waals surface area (Å²) in [4.78, 5) is 52.8. The first-order valence-electron chi connectivity index (χ1n) is 8.62. The number of anilines is 1. The quantitative estimate of drug-likeness (QED) is 0.818. The maximum Gasteiger partial charge on any atom is 0.327 e. The predicted molar refractivity (Wildman–Crippen MR) is 94.5 cm³/mol. The zero-order valence-corrected chi connectivity index (χ0v) is 14.9. The smallest absolute Gasteiger partial charge is 0.327 e. The lowest BCUT2D eigenvalue weighted by atomic mass is 10.0. The SMILES string of the molecule is CN(C)C(=O)c1ccc(NC(=O)CN2C(=O)[C@@H]3CCCCN3C2=O)cc1. The molecule has 0 saturated carbocycles. The average molecular weight is 358 g/mol. The Kier molecular flexibility index (Phi) is 4.92. The zero-order chi connectivity index (χ0) is 18.8. The number of nitrogens with one attached hydrogen (secondary N) is 1. The van der Waals surface area contributed by atoms with Gasteiger partial charge in [-0.3, -0.25) is 19.3 Å². The number of urea groups is 1. The number of piperidine rings is 1. The van der Waals surface area contributed by atoms with Gasteiger partial charge in [0.15, 0.2) is 0 Å². The van der Waals surface area contributed by atoms with Crippen molar-refractivity contribution in [3.63, 3.8) is 0 Å². The van der Waals surface area contributed by atoms with Crippen molar-refractivity contribution in [2.24, 2.45) is 0 Å². The Bertz CT molecular complexity index is 720.